The van der Waals surface area contributed by atoms with E-state index < -0.39 is 12.0 Å². The molecule has 3 aliphatic rings. The van der Waals surface area contributed by atoms with E-state index in [9.17, 15) is 9.59 Å². The molecule has 1 aromatic heterocycles. The second-order valence-corrected chi connectivity index (χ2v) is 11.8. The minimum Gasteiger partial charge on any atom is -0.451 e. The van der Waals surface area contributed by atoms with Crippen molar-refractivity contribution < 1.29 is 19.1 Å². The van der Waals surface area contributed by atoms with E-state index in [1.165, 1.54) is 7.11 Å². The standard InChI is InChI=1S/C35H37N5O4/c1-43-35(42)40(26-12-6-3-7-13-26)37-34(41)32-29-14-8-9-15-31(29)36-33(24-10-4-2-5-11-24)30(32)23-38-21-28-20-27(38)22-39(28)25-16-18-44-19-17-25/h2-15,25,27-28H,16-23H2,1H3,(H,37,41)/t27-,28-/m1/s1. The molecule has 3 fully saturated rings. The first-order valence-electron chi connectivity index (χ1n) is 15.4. The maximum Gasteiger partial charge on any atom is 0.433 e. The Morgan fingerprint density at radius 1 is 0.909 bits per heavy atom. The number of anilines is 1. The number of benzene rings is 3. The summed E-state index contributed by atoms with van der Waals surface area (Å²) in [5, 5.41) is 1.90. The van der Waals surface area contributed by atoms with Crippen molar-refractivity contribution in [2.24, 2.45) is 0 Å². The molecule has 2 amide bonds. The highest BCUT2D eigenvalue weighted by molar-refractivity contribution is 6.10. The number of likely N-dealkylation sites (tertiary alicyclic amines) is 2. The predicted octanol–water partition coefficient (Wildman–Crippen LogP) is 5.26. The second kappa shape index (κ2) is 12.4. The number of rotatable bonds is 6. The number of para-hydroxylation sites is 2. The summed E-state index contributed by atoms with van der Waals surface area (Å²) in [6.07, 6.45) is 2.64. The monoisotopic (exact) mass is 591 g/mol. The number of pyridine rings is 1. The van der Waals surface area contributed by atoms with Crippen molar-refractivity contribution in [1.82, 2.24) is 20.2 Å². The number of methoxy groups -OCH3 is 1. The summed E-state index contributed by atoms with van der Waals surface area (Å²) in [4.78, 5) is 37.7. The first-order chi connectivity index (χ1) is 21.6. The van der Waals surface area contributed by atoms with Gasteiger partial charge in [-0.05, 0) is 37.5 Å². The summed E-state index contributed by atoms with van der Waals surface area (Å²) < 4.78 is 10.7. The largest absolute Gasteiger partial charge is 0.451 e. The van der Waals surface area contributed by atoms with Gasteiger partial charge in [-0.15, -0.1) is 0 Å². The lowest BCUT2D eigenvalue weighted by molar-refractivity contribution is 0.00973. The second-order valence-electron chi connectivity index (χ2n) is 11.8. The van der Waals surface area contributed by atoms with Crippen LogP contribution in [0.4, 0.5) is 10.5 Å². The molecule has 0 spiro atoms. The molecular weight excluding hydrogens is 554 g/mol. The minimum absolute atomic E-state index is 0.391. The van der Waals surface area contributed by atoms with Crippen LogP contribution in [-0.2, 0) is 16.0 Å². The molecule has 4 heterocycles. The molecule has 0 unspecified atom stereocenters. The van der Waals surface area contributed by atoms with Crippen molar-refractivity contribution in [1.29, 1.82) is 0 Å². The Bertz CT molecular complexity index is 1640. The summed E-state index contributed by atoms with van der Waals surface area (Å²) in [6.45, 7) is 4.24. The van der Waals surface area contributed by atoms with Gasteiger partial charge in [-0.25, -0.2) is 9.78 Å². The maximum absolute atomic E-state index is 14.4. The third-order valence-corrected chi connectivity index (χ3v) is 9.27. The van der Waals surface area contributed by atoms with Gasteiger partial charge >= 0.3 is 6.09 Å². The first kappa shape index (κ1) is 28.5. The quantitative estimate of drug-likeness (QED) is 0.306. The number of carbonyl (C=O) groups is 2. The predicted molar refractivity (Wildman–Crippen MR) is 169 cm³/mol. The van der Waals surface area contributed by atoms with Crippen LogP contribution in [0.15, 0.2) is 84.9 Å². The van der Waals surface area contributed by atoms with Gasteiger partial charge in [-0.3, -0.25) is 20.0 Å². The van der Waals surface area contributed by atoms with Gasteiger partial charge in [0.15, 0.2) is 0 Å². The number of nitrogens with zero attached hydrogens (tertiary/aromatic N) is 4. The molecule has 3 aliphatic heterocycles. The van der Waals surface area contributed by atoms with Crippen molar-refractivity contribution in [2.45, 2.75) is 43.9 Å². The highest BCUT2D eigenvalue weighted by Crippen LogP contribution is 2.38. The molecule has 44 heavy (non-hydrogen) atoms. The molecule has 2 bridgehead atoms. The normalized spacial score (nSPS) is 20.6. The van der Waals surface area contributed by atoms with E-state index in [2.05, 4.69) is 15.2 Å². The number of ether oxygens (including phenoxy) is 2. The Morgan fingerprint density at radius 3 is 2.32 bits per heavy atom. The fourth-order valence-corrected chi connectivity index (χ4v) is 7.18. The lowest BCUT2D eigenvalue weighted by atomic mass is 9.95. The molecule has 0 radical (unpaired) electrons. The fourth-order valence-electron chi connectivity index (χ4n) is 7.18. The van der Waals surface area contributed by atoms with E-state index in [0.717, 1.165) is 78.3 Å². The number of aromatic nitrogens is 1. The molecule has 2 atom stereocenters. The molecule has 226 valence electrons. The molecule has 0 saturated carbocycles. The highest BCUT2D eigenvalue weighted by Gasteiger charge is 2.46. The summed E-state index contributed by atoms with van der Waals surface area (Å²) in [5.41, 5.74) is 7.20. The van der Waals surface area contributed by atoms with Crippen molar-refractivity contribution in [3.05, 3.63) is 96.1 Å². The van der Waals surface area contributed by atoms with Crippen molar-refractivity contribution in [3.8, 4) is 11.3 Å². The van der Waals surface area contributed by atoms with Crippen LogP contribution < -0.4 is 10.4 Å². The van der Waals surface area contributed by atoms with Crippen LogP contribution in [0.1, 0.15) is 35.2 Å². The van der Waals surface area contributed by atoms with E-state index in [4.69, 9.17) is 14.5 Å². The molecule has 1 N–H and O–H groups in total. The summed E-state index contributed by atoms with van der Waals surface area (Å²) in [6, 6.07) is 28.2. The lowest BCUT2D eigenvalue weighted by Gasteiger charge is -2.40. The number of amides is 2. The number of carbonyl (C=O) groups excluding carboxylic acids is 2. The van der Waals surface area contributed by atoms with E-state index in [1.807, 2.05) is 72.8 Å². The molecule has 0 aliphatic carbocycles. The zero-order chi connectivity index (χ0) is 30.0. The van der Waals surface area contributed by atoms with Crippen molar-refractivity contribution in [2.75, 3.05) is 38.4 Å². The van der Waals surface area contributed by atoms with Crippen LogP contribution in [0.25, 0.3) is 22.2 Å². The van der Waals surface area contributed by atoms with Crippen LogP contribution in [0.2, 0.25) is 0 Å². The summed E-state index contributed by atoms with van der Waals surface area (Å²) in [5.74, 6) is -0.391. The molecule has 3 saturated heterocycles. The Labute approximate surface area is 257 Å². The zero-order valence-corrected chi connectivity index (χ0v) is 24.9. The Morgan fingerprint density at radius 2 is 1.61 bits per heavy atom. The molecular formula is C35H37N5O4. The number of nitrogens with one attached hydrogen (secondary N) is 1. The molecule has 9 nitrogen and oxygen atoms in total. The van der Waals surface area contributed by atoms with Gasteiger partial charge in [0.1, 0.15) is 0 Å². The fraction of sp³-hybridized carbons (Fsp3) is 0.343. The van der Waals surface area contributed by atoms with Gasteiger partial charge in [0.05, 0.1) is 29.6 Å². The van der Waals surface area contributed by atoms with Gasteiger partial charge in [-0.1, -0.05) is 66.7 Å². The van der Waals surface area contributed by atoms with E-state index >= 15 is 0 Å². The zero-order valence-electron chi connectivity index (χ0n) is 24.9. The van der Waals surface area contributed by atoms with E-state index in [-0.39, 0.29) is 0 Å². The van der Waals surface area contributed by atoms with Crippen molar-refractivity contribution in [3.63, 3.8) is 0 Å². The molecule has 7 rings (SSSR count). The van der Waals surface area contributed by atoms with Gasteiger partial charge in [-0.2, -0.15) is 5.01 Å². The molecule has 3 aromatic carbocycles. The highest BCUT2D eigenvalue weighted by atomic mass is 16.5. The molecule has 4 aromatic rings. The smallest absolute Gasteiger partial charge is 0.433 e. The van der Waals surface area contributed by atoms with Gasteiger partial charge < -0.3 is 9.47 Å². The first-order valence-corrected chi connectivity index (χ1v) is 15.4. The average molecular weight is 592 g/mol. The van der Waals surface area contributed by atoms with Gasteiger partial charge in [0.25, 0.3) is 5.91 Å². The minimum atomic E-state index is -0.683. The average Bonchev–Trinajstić information content (AvgIpc) is 3.69. The van der Waals surface area contributed by atoms with Crippen molar-refractivity contribution >= 4 is 28.6 Å². The van der Waals surface area contributed by atoms with E-state index in [0.29, 0.717) is 35.9 Å². The summed E-state index contributed by atoms with van der Waals surface area (Å²) >= 11 is 0. The van der Waals surface area contributed by atoms with Crippen LogP contribution in [0, 0.1) is 0 Å². The molecule has 9 heteroatoms. The number of hydrazine groups is 1. The van der Waals surface area contributed by atoms with Crippen LogP contribution in [0.5, 0.6) is 0 Å². The van der Waals surface area contributed by atoms with Gasteiger partial charge in [0.2, 0.25) is 0 Å². The van der Waals surface area contributed by atoms with Gasteiger partial charge in [0, 0.05) is 67.5 Å². The third-order valence-electron chi connectivity index (χ3n) is 9.27. The van der Waals surface area contributed by atoms with Crippen LogP contribution in [0.3, 0.4) is 0 Å². The Kier molecular flexibility index (Phi) is 7.99. The lowest BCUT2D eigenvalue weighted by Crippen LogP contribution is -2.51. The van der Waals surface area contributed by atoms with E-state index in [1.54, 1.807) is 12.1 Å². The third kappa shape index (κ3) is 5.43. The maximum atomic E-state index is 14.4. The number of hydrogen-bond donors (Lipinski definition) is 1. The number of piperazine rings is 1. The Hall–Kier alpha value is -4.31. The SMILES string of the molecule is COC(=O)N(NC(=O)c1c(CN2C[C@H]3C[C@@H]2CN3C2CCOCC2)c(-c2ccccc2)nc2ccccc12)c1ccccc1. The topological polar surface area (TPSA) is 87.2 Å². The number of hydrogen-bond acceptors (Lipinski definition) is 7. The van der Waals surface area contributed by atoms with Crippen LogP contribution >= 0.6 is 0 Å². The number of fused-ring (bicyclic) bond motifs is 3. The summed E-state index contributed by atoms with van der Waals surface area (Å²) in [7, 11) is 1.30. The Balaban J connectivity index is 1.28. The van der Waals surface area contributed by atoms with Crippen LogP contribution in [-0.4, -0.2) is 78.3 Å².